The number of piperidine rings is 4. The second kappa shape index (κ2) is 32.9. The summed E-state index contributed by atoms with van der Waals surface area (Å²) in [5, 5.41) is 37.4. The van der Waals surface area contributed by atoms with Gasteiger partial charge in [-0.15, -0.1) is 0 Å². The fourth-order valence-corrected chi connectivity index (χ4v) is 19.2. The summed E-state index contributed by atoms with van der Waals surface area (Å²) in [6.45, 7) is 12.7. The zero-order valence-electron chi connectivity index (χ0n) is 65.4. The number of likely N-dealkylation sites (tertiary alicyclic amines) is 4. The second-order valence-electron chi connectivity index (χ2n) is 33.8. The maximum absolute atomic E-state index is 11.5. The molecule has 0 bridgehead atoms. The van der Waals surface area contributed by atoms with Crippen molar-refractivity contribution >= 4 is 46.2 Å². The maximum atomic E-state index is 11.5. The molecule has 16 heteroatoms. The van der Waals surface area contributed by atoms with E-state index in [1.165, 1.54) is 111 Å². The number of aliphatic carboxylic acids is 4. The predicted molar refractivity (Wildman–Crippen MR) is 442 cm³/mol. The number of carboxylic acid groups (broad SMARTS) is 4. The zero-order valence-corrected chi connectivity index (χ0v) is 65.4. The average Bonchev–Trinajstić information content (AvgIpc) is 1.61. The van der Waals surface area contributed by atoms with Crippen molar-refractivity contribution in [3.05, 3.63) is 283 Å². The fraction of sp³-hybridized carbons (Fsp3) is 0.388. The molecule has 20 rings (SSSR count). The van der Waals surface area contributed by atoms with Gasteiger partial charge in [0.2, 0.25) is 0 Å². The van der Waals surface area contributed by atoms with E-state index in [4.69, 9.17) is 18.9 Å². The first-order valence-electron chi connectivity index (χ1n) is 41.5. The number of ether oxygens (including phenoxy) is 4. The van der Waals surface area contributed by atoms with E-state index in [9.17, 15) is 39.6 Å². The quantitative estimate of drug-likeness (QED) is 0.0801. The van der Waals surface area contributed by atoms with Crippen molar-refractivity contribution in [3.63, 3.8) is 0 Å². The highest BCUT2D eigenvalue weighted by atomic mass is 16.5. The van der Waals surface area contributed by atoms with Gasteiger partial charge in [-0.05, 0) is 212 Å². The molecule has 8 aromatic rings. The minimum atomic E-state index is -0.676. The highest BCUT2D eigenvalue weighted by molar-refractivity contribution is 5.91. The number of fused-ring (bicyclic) bond motifs is 8. The summed E-state index contributed by atoms with van der Waals surface area (Å²) in [5.41, 5.74) is 25.2. The SMILES string of the molecule is O=C(O)C1(CCN2CCC(=C3c4ccccc4COc4ccccc43)CC2)CC1.O=C(O)C1(CN2CCC(=C3c4ccccc4COc4ccccc43)CC2)CC1.O=C(O)CC1(CN2CCC(=C3c4ccccc4COc4ccccc43)CC2)CC1.O=C(O)CC1(N2CCC(=C3c4ccccc4COc4ccccc43)CC2)CC1. The largest absolute Gasteiger partial charge is 0.488 e. The van der Waals surface area contributed by atoms with Gasteiger partial charge < -0.3 is 54.1 Å². The molecule has 0 amide bonds. The molecule has 0 atom stereocenters. The Labute approximate surface area is 669 Å². The Balaban J connectivity index is 0.000000110. The lowest BCUT2D eigenvalue weighted by Gasteiger charge is -2.36. The lowest BCUT2D eigenvalue weighted by molar-refractivity contribution is -0.144. The average molecular weight is 1530 g/mol. The van der Waals surface area contributed by atoms with Gasteiger partial charge in [0.25, 0.3) is 0 Å². The third kappa shape index (κ3) is 16.5. The van der Waals surface area contributed by atoms with E-state index in [0.717, 1.165) is 198 Å². The molecule has 4 aliphatic carbocycles. The van der Waals surface area contributed by atoms with Gasteiger partial charge in [-0.1, -0.05) is 192 Å². The van der Waals surface area contributed by atoms with Crippen LogP contribution in [-0.4, -0.2) is 141 Å². The van der Waals surface area contributed by atoms with Crippen LogP contribution in [0.2, 0.25) is 0 Å². The van der Waals surface area contributed by atoms with Crippen LogP contribution in [0.25, 0.3) is 22.3 Å². The van der Waals surface area contributed by atoms with Crippen LogP contribution in [0.3, 0.4) is 0 Å². The molecule has 4 N–H and O–H groups in total. The van der Waals surface area contributed by atoms with Crippen molar-refractivity contribution < 1.29 is 58.6 Å². The van der Waals surface area contributed by atoms with Crippen molar-refractivity contribution in [2.75, 3.05) is 72.0 Å². The molecule has 114 heavy (non-hydrogen) atoms. The van der Waals surface area contributed by atoms with E-state index in [1.54, 1.807) is 0 Å². The van der Waals surface area contributed by atoms with Gasteiger partial charge in [0, 0.05) is 93.2 Å². The Hall–Kier alpha value is -10.4. The summed E-state index contributed by atoms with van der Waals surface area (Å²) in [6.07, 6.45) is 16.9. The molecular weight excluding hydrogens is 1430 g/mol. The number of para-hydroxylation sites is 4. The Bertz CT molecular complexity index is 4890. The smallest absolute Gasteiger partial charge is 0.310 e. The Morgan fingerprint density at radius 2 is 0.596 bits per heavy atom. The summed E-state index contributed by atoms with van der Waals surface area (Å²) in [6, 6.07) is 67.7. The van der Waals surface area contributed by atoms with Crippen LogP contribution in [0.1, 0.15) is 189 Å². The fourth-order valence-electron chi connectivity index (χ4n) is 19.2. The van der Waals surface area contributed by atoms with E-state index >= 15 is 0 Å². The van der Waals surface area contributed by atoms with Gasteiger partial charge in [-0.25, -0.2) is 0 Å². The summed E-state index contributed by atoms with van der Waals surface area (Å²) >= 11 is 0. The standard InChI is InChI=1S/2C25H27NO3.2C24H25NO3/c27-24(28)25(11-12-25)13-16-26-14-9-18(10-15-26)23-20-6-2-1-5-19(20)17-29-22-8-4-3-7-21(22)23;27-23(28)15-25(11-12-25)17-26-13-9-18(10-14-26)24-20-6-2-1-5-19(20)16-29-22-8-4-3-7-21(22)24;26-22(27)15-24(11-12-24)25-13-9-17(10-14-25)23-19-6-2-1-5-18(19)16-28-21-8-4-3-7-20(21)23;26-23(27)24(11-12-24)16-25-13-9-17(10-14-25)22-19-6-2-1-5-18(19)15-28-21-8-4-3-7-20(21)22/h2*1-8H,9-17H2,(H,27,28);2*1-8H,9-16H2,(H,26,27). The predicted octanol–water partition coefficient (Wildman–Crippen LogP) is 18.3. The number of carboxylic acids is 4. The normalized spacial score (nSPS) is 20.4. The van der Waals surface area contributed by atoms with Gasteiger partial charge >= 0.3 is 23.9 Å². The molecule has 4 saturated heterocycles. The van der Waals surface area contributed by atoms with Crippen LogP contribution >= 0.6 is 0 Å². The van der Waals surface area contributed by atoms with Gasteiger partial charge in [0.1, 0.15) is 49.4 Å². The van der Waals surface area contributed by atoms with E-state index in [2.05, 4.69) is 189 Å². The summed E-state index contributed by atoms with van der Waals surface area (Å²) in [7, 11) is 0. The molecule has 8 aliphatic heterocycles. The van der Waals surface area contributed by atoms with Crippen molar-refractivity contribution in [2.24, 2.45) is 16.2 Å². The number of nitrogens with zero attached hydrogens (tertiary/aromatic N) is 4. The first-order valence-corrected chi connectivity index (χ1v) is 41.5. The van der Waals surface area contributed by atoms with Crippen molar-refractivity contribution in [1.29, 1.82) is 0 Å². The Morgan fingerprint density at radius 1 is 0.307 bits per heavy atom. The summed E-state index contributed by atoms with van der Waals surface area (Å²) < 4.78 is 24.5. The molecule has 0 unspecified atom stereocenters. The Morgan fingerprint density at radius 3 is 0.895 bits per heavy atom. The van der Waals surface area contributed by atoms with Crippen LogP contribution in [-0.2, 0) is 45.6 Å². The highest BCUT2D eigenvalue weighted by Crippen LogP contribution is 2.54. The van der Waals surface area contributed by atoms with Gasteiger partial charge in [-0.2, -0.15) is 0 Å². The minimum Gasteiger partial charge on any atom is -0.488 e. The van der Waals surface area contributed by atoms with E-state index < -0.39 is 34.7 Å². The van der Waals surface area contributed by atoms with Crippen LogP contribution in [0.5, 0.6) is 23.0 Å². The zero-order chi connectivity index (χ0) is 78.0. The molecule has 0 spiro atoms. The third-order valence-corrected chi connectivity index (χ3v) is 26.5. The number of benzene rings is 8. The van der Waals surface area contributed by atoms with E-state index in [0.29, 0.717) is 39.4 Å². The van der Waals surface area contributed by atoms with Gasteiger partial charge in [0.05, 0.1) is 23.7 Å². The summed E-state index contributed by atoms with van der Waals surface area (Å²) in [5.74, 6) is 1.27. The lowest BCUT2D eigenvalue weighted by atomic mass is 9.86. The molecule has 0 radical (unpaired) electrons. The monoisotopic (exact) mass is 1530 g/mol. The molecule has 0 aromatic heterocycles. The molecule has 4 saturated carbocycles. The number of carbonyl (C=O) groups is 4. The van der Waals surface area contributed by atoms with E-state index in [1.807, 2.05) is 24.3 Å². The van der Waals surface area contributed by atoms with Crippen molar-refractivity contribution in [2.45, 2.75) is 154 Å². The number of rotatable bonds is 14. The molecule has 16 nitrogen and oxygen atoms in total. The number of hydrogen-bond donors (Lipinski definition) is 4. The topological polar surface area (TPSA) is 199 Å². The van der Waals surface area contributed by atoms with Crippen LogP contribution in [0.4, 0.5) is 0 Å². The molecule has 588 valence electrons. The Kier molecular flexibility index (Phi) is 22.0. The van der Waals surface area contributed by atoms with Crippen LogP contribution in [0.15, 0.2) is 216 Å². The number of hydrogen-bond acceptors (Lipinski definition) is 12. The highest BCUT2D eigenvalue weighted by Gasteiger charge is 2.53. The van der Waals surface area contributed by atoms with Gasteiger partial charge in [-0.3, -0.25) is 24.1 Å². The van der Waals surface area contributed by atoms with Crippen LogP contribution < -0.4 is 18.9 Å². The molecule has 12 aliphatic rings. The van der Waals surface area contributed by atoms with Crippen LogP contribution in [0, 0.1) is 16.2 Å². The first kappa shape index (κ1) is 76.3. The van der Waals surface area contributed by atoms with Gasteiger partial charge in [0.15, 0.2) is 0 Å². The molecule has 8 aromatic carbocycles. The molecule has 8 fully saturated rings. The second-order valence-corrected chi connectivity index (χ2v) is 33.8. The summed E-state index contributed by atoms with van der Waals surface area (Å²) in [4.78, 5) is 55.1. The third-order valence-electron chi connectivity index (χ3n) is 26.5. The van der Waals surface area contributed by atoms with Crippen molar-refractivity contribution in [3.8, 4) is 23.0 Å². The first-order chi connectivity index (χ1) is 55.6. The maximum Gasteiger partial charge on any atom is 0.310 e. The molecular formula is C98H104N4O12. The lowest BCUT2D eigenvalue weighted by Crippen LogP contribution is -2.43. The molecule has 8 heterocycles. The van der Waals surface area contributed by atoms with E-state index in [-0.39, 0.29) is 17.4 Å². The van der Waals surface area contributed by atoms with Crippen molar-refractivity contribution in [1.82, 2.24) is 19.6 Å². The minimum absolute atomic E-state index is 0.0336.